The van der Waals surface area contributed by atoms with Gasteiger partial charge in [-0.2, -0.15) is 0 Å². The molecule has 0 atom stereocenters. The number of oxime groups is 1. The number of nitrogens with zero attached hydrogens (tertiary/aromatic N) is 2. The van der Waals surface area contributed by atoms with Crippen molar-refractivity contribution >= 4 is 22.6 Å². The van der Waals surface area contributed by atoms with Gasteiger partial charge in [-0.05, 0) is 38.2 Å². The van der Waals surface area contributed by atoms with E-state index in [0.717, 1.165) is 50.7 Å². The Labute approximate surface area is 142 Å². The second kappa shape index (κ2) is 6.42. The Morgan fingerprint density at radius 3 is 2.75 bits per heavy atom. The molecule has 1 saturated carbocycles. The van der Waals surface area contributed by atoms with E-state index in [4.69, 9.17) is 4.84 Å². The first-order valence-electron chi connectivity index (χ1n) is 9.10. The zero-order valence-corrected chi connectivity index (χ0v) is 14.3. The number of benzene rings is 1. The van der Waals surface area contributed by atoms with Crippen molar-refractivity contribution < 1.29 is 9.63 Å². The van der Waals surface area contributed by atoms with Gasteiger partial charge in [-0.3, -0.25) is 0 Å². The molecule has 2 aromatic rings. The summed E-state index contributed by atoms with van der Waals surface area (Å²) in [6, 6.07) is 8.40. The second-order valence-corrected chi connectivity index (χ2v) is 7.03. The molecule has 4 nitrogen and oxygen atoms in total. The van der Waals surface area contributed by atoms with Crippen LogP contribution in [0.4, 0.5) is 0 Å². The van der Waals surface area contributed by atoms with E-state index in [1.165, 1.54) is 28.6 Å². The number of hydrogen-bond donors (Lipinski definition) is 0. The summed E-state index contributed by atoms with van der Waals surface area (Å²) in [5, 5.41) is 5.53. The minimum absolute atomic E-state index is 0.0404. The number of hydrogen-bond acceptors (Lipinski definition) is 3. The highest BCUT2D eigenvalue weighted by atomic mass is 16.7. The number of aryl methyl sites for hydroxylation is 1. The van der Waals surface area contributed by atoms with Crippen LogP contribution in [0.3, 0.4) is 0 Å². The van der Waals surface area contributed by atoms with Crippen LogP contribution in [0.1, 0.15) is 56.2 Å². The largest absolute Gasteiger partial charge is 0.347 e. The first kappa shape index (κ1) is 15.4. The molecule has 4 heteroatoms. The lowest BCUT2D eigenvalue weighted by Crippen LogP contribution is -2.20. The molecule has 0 spiro atoms. The molecule has 24 heavy (non-hydrogen) atoms. The summed E-state index contributed by atoms with van der Waals surface area (Å²) in [6.07, 6.45) is 8.36. The van der Waals surface area contributed by atoms with E-state index in [-0.39, 0.29) is 11.9 Å². The highest BCUT2D eigenvalue weighted by molar-refractivity contribution is 6.12. The summed E-state index contributed by atoms with van der Waals surface area (Å²) in [5.41, 5.74) is 4.62. The molecule has 1 fully saturated rings. The highest BCUT2D eigenvalue weighted by Crippen LogP contribution is 2.32. The van der Waals surface area contributed by atoms with Crippen LogP contribution in [0, 0.1) is 5.92 Å². The number of carbonyl (C=O) groups is 1. The van der Waals surface area contributed by atoms with E-state index >= 15 is 0 Å². The van der Waals surface area contributed by atoms with Crippen LogP contribution in [0.5, 0.6) is 0 Å². The normalized spacial score (nSPS) is 20.3. The molecule has 0 saturated heterocycles. The third-order valence-corrected chi connectivity index (χ3v) is 5.53. The molecule has 0 bridgehead atoms. The fourth-order valence-electron chi connectivity index (χ4n) is 4.21. The Kier molecular flexibility index (Phi) is 4.13. The zero-order chi connectivity index (χ0) is 16.5. The summed E-state index contributed by atoms with van der Waals surface area (Å²) in [7, 11) is 2.11. The van der Waals surface area contributed by atoms with E-state index in [0.29, 0.717) is 0 Å². The van der Waals surface area contributed by atoms with Gasteiger partial charge in [0.15, 0.2) is 0 Å². The maximum atomic E-state index is 12.3. The van der Waals surface area contributed by atoms with Crippen LogP contribution in [0.25, 0.3) is 10.9 Å². The lowest BCUT2D eigenvalue weighted by atomic mass is 9.89. The van der Waals surface area contributed by atoms with Gasteiger partial charge in [0.2, 0.25) is 0 Å². The monoisotopic (exact) mass is 324 g/mol. The van der Waals surface area contributed by atoms with Crippen LogP contribution in [-0.4, -0.2) is 16.2 Å². The van der Waals surface area contributed by atoms with Crippen LogP contribution < -0.4 is 0 Å². The third kappa shape index (κ3) is 2.64. The summed E-state index contributed by atoms with van der Waals surface area (Å²) in [5.74, 6) is -0.103. The Hall–Kier alpha value is -2.10. The molecule has 0 aliphatic heterocycles. The molecule has 0 amide bonds. The van der Waals surface area contributed by atoms with Gasteiger partial charge in [-0.15, -0.1) is 0 Å². The maximum Gasteiger partial charge on any atom is 0.338 e. The van der Waals surface area contributed by atoms with Gasteiger partial charge in [-0.25, -0.2) is 4.79 Å². The molecule has 1 aromatic carbocycles. The van der Waals surface area contributed by atoms with Crippen LogP contribution in [0.15, 0.2) is 29.4 Å². The van der Waals surface area contributed by atoms with Crippen LogP contribution in [0.2, 0.25) is 0 Å². The summed E-state index contributed by atoms with van der Waals surface area (Å²) in [6.45, 7) is 0. The molecule has 0 radical (unpaired) electrons. The Morgan fingerprint density at radius 1 is 1.12 bits per heavy atom. The fourth-order valence-corrected chi connectivity index (χ4v) is 4.21. The van der Waals surface area contributed by atoms with Gasteiger partial charge in [0, 0.05) is 29.2 Å². The minimum Gasteiger partial charge on any atom is -0.347 e. The molecule has 1 heterocycles. The topological polar surface area (TPSA) is 43.6 Å². The summed E-state index contributed by atoms with van der Waals surface area (Å²) < 4.78 is 2.25. The van der Waals surface area contributed by atoms with Crippen molar-refractivity contribution in [3.63, 3.8) is 0 Å². The highest BCUT2D eigenvalue weighted by Gasteiger charge is 2.26. The van der Waals surface area contributed by atoms with Crippen LogP contribution >= 0.6 is 0 Å². The number of carbonyl (C=O) groups excluding carboxylic acids is 1. The predicted molar refractivity (Wildman–Crippen MR) is 95.1 cm³/mol. The molecule has 2 aliphatic carbocycles. The van der Waals surface area contributed by atoms with Crippen molar-refractivity contribution in [3.05, 3.63) is 35.5 Å². The van der Waals surface area contributed by atoms with Crippen molar-refractivity contribution in [1.82, 2.24) is 4.57 Å². The van der Waals surface area contributed by atoms with Gasteiger partial charge in [-0.1, -0.05) is 42.6 Å². The van der Waals surface area contributed by atoms with Crippen LogP contribution in [-0.2, 0) is 23.1 Å². The molecule has 0 unspecified atom stereocenters. The quantitative estimate of drug-likeness (QED) is 0.609. The third-order valence-electron chi connectivity index (χ3n) is 5.53. The number of rotatable bonds is 2. The molecule has 2 aliphatic rings. The zero-order valence-electron chi connectivity index (χ0n) is 14.3. The van der Waals surface area contributed by atoms with Crippen molar-refractivity contribution in [2.75, 3.05) is 0 Å². The second-order valence-electron chi connectivity index (χ2n) is 7.03. The lowest BCUT2D eigenvalue weighted by Gasteiger charge is -2.19. The lowest BCUT2D eigenvalue weighted by molar-refractivity contribution is -0.149. The van der Waals surface area contributed by atoms with E-state index in [1.807, 2.05) is 0 Å². The SMILES string of the molecule is Cn1c2c(c3ccccc31)C(=NOC(=O)C1CCCCC1)CCC2. The standard InChI is InChI=1S/C20H24N2O2/c1-22-17-12-6-5-10-15(17)19-16(11-7-13-18(19)22)21-24-20(23)14-8-3-2-4-9-14/h5-6,10,12,14H,2-4,7-9,11,13H2,1H3. The van der Waals surface area contributed by atoms with Gasteiger partial charge in [0.05, 0.1) is 11.6 Å². The van der Waals surface area contributed by atoms with Gasteiger partial charge in [0.1, 0.15) is 0 Å². The number of aromatic nitrogens is 1. The van der Waals surface area contributed by atoms with Crippen molar-refractivity contribution in [2.24, 2.45) is 18.1 Å². The average molecular weight is 324 g/mol. The molecule has 1 aromatic heterocycles. The summed E-state index contributed by atoms with van der Waals surface area (Å²) in [4.78, 5) is 17.7. The Morgan fingerprint density at radius 2 is 1.92 bits per heavy atom. The first-order valence-corrected chi connectivity index (χ1v) is 9.10. The molecule has 4 rings (SSSR count). The fraction of sp³-hybridized carbons (Fsp3) is 0.500. The Balaban J connectivity index is 1.64. The van der Waals surface area contributed by atoms with Crippen molar-refractivity contribution in [3.8, 4) is 0 Å². The van der Waals surface area contributed by atoms with E-state index in [2.05, 4.69) is 41.0 Å². The Bertz CT molecular complexity index is 797. The van der Waals surface area contributed by atoms with E-state index < -0.39 is 0 Å². The smallest absolute Gasteiger partial charge is 0.338 e. The van der Waals surface area contributed by atoms with E-state index in [1.54, 1.807) is 0 Å². The van der Waals surface area contributed by atoms with Crippen molar-refractivity contribution in [1.29, 1.82) is 0 Å². The molecule has 0 N–H and O–H groups in total. The number of para-hydroxylation sites is 1. The first-order chi connectivity index (χ1) is 11.8. The molecular formula is C20H24N2O2. The van der Waals surface area contributed by atoms with Gasteiger partial charge < -0.3 is 9.40 Å². The maximum absolute atomic E-state index is 12.3. The van der Waals surface area contributed by atoms with Gasteiger partial charge in [0.25, 0.3) is 0 Å². The van der Waals surface area contributed by atoms with Gasteiger partial charge >= 0.3 is 5.97 Å². The van der Waals surface area contributed by atoms with E-state index in [9.17, 15) is 4.79 Å². The minimum atomic E-state index is -0.144. The predicted octanol–water partition coefficient (Wildman–Crippen LogP) is 4.34. The molecule has 126 valence electrons. The summed E-state index contributed by atoms with van der Waals surface area (Å²) >= 11 is 0. The molecular weight excluding hydrogens is 300 g/mol. The van der Waals surface area contributed by atoms with Crippen molar-refractivity contribution in [2.45, 2.75) is 51.4 Å². The average Bonchev–Trinajstić information content (AvgIpc) is 2.94. The number of fused-ring (bicyclic) bond motifs is 3.